The molecule has 0 fully saturated rings. The van der Waals surface area contributed by atoms with Crippen LogP contribution in [0.15, 0.2) is 42.7 Å². The second-order valence-electron chi connectivity index (χ2n) is 3.69. The lowest BCUT2D eigenvalue weighted by atomic mass is 10.3. The molecule has 2 aromatic heterocycles. The molecule has 0 aliphatic carbocycles. The summed E-state index contributed by atoms with van der Waals surface area (Å²) in [6.07, 6.45) is 3.42. The molecule has 0 bridgehead atoms. The summed E-state index contributed by atoms with van der Waals surface area (Å²) in [5.41, 5.74) is 2.38. The van der Waals surface area contributed by atoms with Crippen molar-refractivity contribution in [2.75, 3.05) is 11.9 Å². The first-order valence-corrected chi connectivity index (χ1v) is 5.27. The van der Waals surface area contributed by atoms with Gasteiger partial charge in [0.15, 0.2) is 0 Å². The molecule has 0 unspecified atom stereocenters. The molecule has 17 heavy (non-hydrogen) atoms. The Morgan fingerprint density at radius 2 is 2.12 bits per heavy atom. The largest absolute Gasteiger partial charge is 0.369 e. The van der Waals surface area contributed by atoms with E-state index >= 15 is 0 Å². The Morgan fingerprint density at radius 3 is 2.82 bits per heavy atom. The Bertz CT molecular complexity index is 531. The fourth-order valence-corrected chi connectivity index (χ4v) is 1.54. The maximum Gasteiger partial charge on any atom is 0.142 e. The highest BCUT2D eigenvalue weighted by molar-refractivity contribution is 5.48. The summed E-state index contributed by atoms with van der Waals surface area (Å²) >= 11 is 0. The van der Waals surface area contributed by atoms with E-state index in [1.807, 2.05) is 42.3 Å². The third kappa shape index (κ3) is 2.79. The van der Waals surface area contributed by atoms with Crippen molar-refractivity contribution in [2.45, 2.75) is 6.54 Å². The number of hydrogen-bond donors (Lipinski definition) is 0. The minimum absolute atomic E-state index is 0.426. The predicted molar refractivity (Wildman–Crippen MR) is 65.3 cm³/mol. The highest BCUT2D eigenvalue weighted by Crippen LogP contribution is 2.14. The Hall–Kier alpha value is -2.41. The fraction of sp³-hybridized carbons (Fsp3) is 0.154. The number of pyridine rings is 2. The lowest BCUT2D eigenvalue weighted by molar-refractivity contribution is 0.883. The van der Waals surface area contributed by atoms with Crippen molar-refractivity contribution in [3.8, 4) is 6.07 Å². The summed E-state index contributed by atoms with van der Waals surface area (Å²) in [6, 6.07) is 11.5. The zero-order valence-corrected chi connectivity index (χ0v) is 9.54. The van der Waals surface area contributed by atoms with Crippen molar-refractivity contribution in [3.05, 3.63) is 54.1 Å². The zero-order chi connectivity index (χ0) is 12.1. The van der Waals surface area contributed by atoms with Crippen LogP contribution in [-0.4, -0.2) is 17.0 Å². The quantitative estimate of drug-likeness (QED) is 0.800. The van der Waals surface area contributed by atoms with E-state index < -0.39 is 0 Å². The maximum atomic E-state index is 8.79. The van der Waals surface area contributed by atoms with Crippen LogP contribution in [0, 0.1) is 11.3 Å². The molecular weight excluding hydrogens is 212 g/mol. The predicted octanol–water partition coefficient (Wildman–Crippen LogP) is 1.98. The van der Waals surface area contributed by atoms with Gasteiger partial charge in [0.25, 0.3) is 0 Å². The first-order valence-electron chi connectivity index (χ1n) is 5.27. The molecular formula is C13H12N4. The van der Waals surface area contributed by atoms with Gasteiger partial charge >= 0.3 is 0 Å². The number of nitrogens with zero attached hydrogens (tertiary/aromatic N) is 4. The Morgan fingerprint density at radius 1 is 1.24 bits per heavy atom. The minimum Gasteiger partial charge on any atom is -0.369 e. The summed E-state index contributed by atoms with van der Waals surface area (Å²) < 4.78 is 0. The molecule has 2 rings (SSSR count). The van der Waals surface area contributed by atoms with Crippen LogP contribution in [0.2, 0.25) is 0 Å². The normalized spacial score (nSPS) is 9.65. The molecule has 2 heterocycles. The van der Waals surface area contributed by atoms with E-state index in [4.69, 9.17) is 5.26 Å². The van der Waals surface area contributed by atoms with Crippen LogP contribution in [0.4, 0.5) is 5.69 Å². The fourth-order valence-electron chi connectivity index (χ4n) is 1.54. The van der Waals surface area contributed by atoms with Crippen LogP contribution in [0.3, 0.4) is 0 Å². The first kappa shape index (κ1) is 11.1. The summed E-state index contributed by atoms with van der Waals surface area (Å²) in [5.74, 6) is 0. The van der Waals surface area contributed by atoms with Crippen molar-refractivity contribution < 1.29 is 0 Å². The van der Waals surface area contributed by atoms with Crippen LogP contribution in [0.1, 0.15) is 11.4 Å². The Labute approximate surface area is 100 Å². The van der Waals surface area contributed by atoms with Gasteiger partial charge < -0.3 is 4.90 Å². The van der Waals surface area contributed by atoms with Crippen LogP contribution < -0.4 is 4.90 Å². The molecule has 0 amide bonds. The van der Waals surface area contributed by atoms with Gasteiger partial charge in [0.05, 0.1) is 12.2 Å². The summed E-state index contributed by atoms with van der Waals surface area (Å²) in [4.78, 5) is 10.2. The van der Waals surface area contributed by atoms with E-state index in [1.165, 1.54) is 0 Å². The Kier molecular flexibility index (Phi) is 3.31. The first-order chi connectivity index (χ1) is 8.29. The average Bonchev–Trinajstić information content (AvgIpc) is 2.40. The summed E-state index contributed by atoms with van der Waals surface area (Å²) in [7, 11) is 1.96. The third-order valence-electron chi connectivity index (χ3n) is 2.42. The van der Waals surface area contributed by atoms with Crippen molar-refractivity contribution in [2.24, 2.45) is 0 Å². The Balaban J connectivity index is 2.15. The molecule has 0 saturated carbocycles. The standard InChI is InChI=1S/C13H12N4/c1-17(10-11-4-2-3-6-15-11)13-5-7-16-12(8-13)9-14/h2-8H,10H2,1H3. The number of nitriles is 1. The van der Waals surface area contributed by atoms with Gasteiger partial charge in [-0.2, -0.15) is 5.26 Å². The molecule has 0 spiro atoms. The molecule has 0 atom stereocenters. The lowest BCUT2D eigenvalue weighted by Gasteiger charge is -2.18. The van der Waals surface area contributed by atoms with Crippen molar-refractivity contribution >= 4 is 5.69 Å². The van der Waals surface area contributed by atoms with Gasteiger partial charge in [0.2, 0.25) is 0 Å². The van der Waals surface area contributed by atoms with E-state index in [0.29, 0.717) is 12.2 Å². The van der Waals surface area contributed by atoms with E-state index in [1.54, 1.807) is 18.5 Å². The molecule has 0 aliphatic rings. The molecule has 0 radical (unpaired) electrons. The molecule has 4 heteroatoms. The van der Waals surface area contributed by atoms with E-state index in [0.717, 1.165) is 11.4 Å². The molecule has 0 saturated heterocycles. The van der Waals surface area contributed by atoms with Gasteiger partial charge in [-0.25, -0.2) is 4.98 Å². The lowest BCUT2D eigenvalue weighted by Crippen LogP contribution is -2.17. The SMILES string of the molecule is CN(Cc1ccccn1)c1ccnc(C#N)c1. The number of anilines is 1. The van der Waals surface area contributed by atoms with E-state index in [9.17, 15) is 0 Å². The molecule has 0 aromatic carbocycles. The van der Waals surface area contributed by atoms with Crippen molar-refractivity contribution in [3.63, 3.8) is 0 Å². The molecule has 0 aliphatic heterocycles. The van der Waals surface area contributed by atoms with Crippen LogP contribution >= 0.6 is 0 Å². The van der Waals surface area contributed by atoms with Crippen molar-refractivity contribution in [1.82, 2.24) is 9.97 Å². The third-order valence-corrected chi connectivity index (χ3v) is 2.42. The van der Waals surface area contributed by atoms with Gasteiger partial charge in [-0.15, -0.1) is 0 Å². The van der Waals surface area contributed by atoms with Gasteiger partial charge in [-0.1, -0.05) is 6.07 Å². The topological polar surface area (TPSA) is 52.8 Å². The second kappa shape index (κ2) is 5.08. The average molecular weight is 224 g/mol. The van der Waals surface area contributed by atoms with E-state index in [-0.39, 0.29) is 0 Å². The number of aromatic nitrogens is 2. The summed E-state index contributed by atoms with van der Waals surface area (Å²) in [5, 5.41) is 8.79. The summed E-state index contributed by atoms with van der Waals surface area (Å²) in [6.45, 7) is 0.704. The van der Waals surface area contributed by atoms with E-state index in [2.05, 4.69) is 9.97 Å². The van der Waals surface area contributed by atoms with Crippen LogP contribution in [0.25, 0.3) is 0 Å². The maximum absolute atomic E-state index is 8.79. The zero-order valence-electron chi connectivity index (χ0n) is 9.54. The van der Waals surface area contributed by atoms with Crippen molar-refractivity contribution in [1.29, 1.82) is 5.26 Å². The highest BCUT2D eigenvalue weighted by atomic mass is 15.1. The van der Waals surface area contributed by atoms with Crippen LogP contribution in [0.5, 0.6) is 0 Å². The number of rotatable bonds is 3. The monoisotopic (exact) mass is 224 g/mol. The van der Waals surface area contributed by atoms with Crippen LogP contribution in [-0.2, 0) is 6.54 Å². The van der Waals surface area contributed by atoms with Gasteiger partial charge in [-0.05, 0) is 24.3 Å². The highest BCUT2D eigenvalue weighted by Gasteiger charge is 2.03. The molecule has 84 valence electrons. The molecule has 4 nitrogen and oxygen atoms in total. The van der Waals surface area contributed by atoms with Gasteiger partial charge in [0.1, 0.15) is 11.8 Å². The van der Waals surface area contributed by atoms with Gasteiger partial charge in [0, 0.05) is 25.1 Å². The second-order valence-corrected chi connectivity index (χ2v) is 3.69. The van der Waals surface area contributed by atoms with Gasteiger partial charge in [-0.3, -0.25) is 4.98 Å². The number of hydrogen-bond acceptors (Lipinski definition) is 4. The molecule has 0 N–H and O–H groups in total. The smallest absolute Gasteiger partial charge is 0.142 e. The molecule has 2 aromatic rings. The minimum atomic E-state index is 0.426.